The molecule has 1 heterocycles. The van der Waals surface area contributed by atoms with Gasteiger partial charge in [-0.1, -0.05) is 13.0 Å². The number of benzene rings is 3. The number of ketones is 1. The fourth-order valence-electron chi connectivity index (χ4n) is 4.13. The van der Waals surface area contributed by atoms with Crippen molar-refractivity contribution in [1.29, 1.82) is 0 Å². The molecule has 0 aliphatic carbocycles. The molecule has 3 aromatic rings. The molecule has 0 spiro atoms. The van der Waals surface area contributed by atoms with E-state index < -0.39 is 36.2 Å². The fraction of sp³-hybridized carbons (Fsp3) is 0.258. The molecule has 10 nitrogen and oxygen atoms in total. The Bertz CT molecular complexity index is 1430. The Balaban J connectivity index is 1.27. The van der Waals surface area contributed by atoms with Crippen LogP contribution in [0.15, 0.2) is 72.8 Å². The molecule has 0 radical (unpaired) electrons. The molecule has 1 amide bonds. The zero-order chi connectivity index (χ0) is 29.4. The van der Waals surface area contributed by atoms with E-state index in [0.717, 1.165) is 0 Å². The highest BCUT2D eigenvalue weighted by Crippen LogP contribution is 2.26. The number of hydrogen-bond donors (Lipinski definition) is 0. The van der Waals surface area contributed by atoms with Crippen LogP contribution in [-0.4, -0.2) is 56.5 Å². The second-order valence-corrected chi connectivity index (χ2v) is 9.26. The largest absolute Gasteiger partial charge is 0.497 e. The van der Waals surface area contributed by atoms with Crippen molar-refractivity contribution in [2.45, 2.75) is 19.8 Å². The van der Waals surface area contributed by atoms with Crippen LogP contribution in [0.25, 0.3) is 0 Å². The van der Waals surface area contributed by atoms with E-state index in [-0.39, 0.29) is 30.2 Å². The van der Waals surface area contributed by atoms with Gasteiger partial charge in [-0.25, -0.2) is 9.59 Å². The van der Waals surface area contributed by atoms with Crippen molar-refractivity contribution in [2.75, 3.05) is 31.8 Å². The highest BCUT2D eigenvalue weighted by atomic mass is 16.5. The lowest BCUT2D eigenvalue weighted by molar-refractivity contribution is -0.147. The molecular weight excluding hydrogens is 530 g/mol. The normalized spacial score (nSPS) is 14.3. The number of hydrogen-bond acceptors (Lipinski definition) is 9. The number of anilines is 1. The first kappa shape index (κ1) is 29.0. The average molecular weight is 560 g/mol. The van der Waals surface area contributed by atoms with E-state index in [0.29, 0.717) is 35.6 Å². The Hall–Kier alpha value is -4.99. The van der Waals surface area contributed by atoms with Gasteiger partial charge in [0.05, 0.1) is 30.8 Å². The number of carbonyl (C=O) groups excluding carboxylic acids is 5. The van der Waals surface area contributed by atoms with Crippen LogP contribution in [0.5, 0.6) is 11.5 Å². The van der Waals surface area contributed by atoms with Gasteiger partial charge in [0.1, 0.15) is 11.5 Å². The maximum absolute atomic E-state index is 12.6. The third-order valence-electron chi connectivity index (χ3n) is 6.35. The molecule has 4 rings (SSSR count). The number of Topliss-reactive ketones (excluding diaryl/α,β-unsaturated/α-hetero) is 1. The Morgan fingerprint density at radius 2 is 1.54 bits per heavy atom. The molecule has 3 aromatic carbocycles. The van der Waals surface area contributed by atoms with Gasteiger partial charge in [0.25, 0.3) is 0 Å². The zero-order valence-corrected chi connectivity index (χ0v) is 22.7. The van der Waals surface area contributed by atoms with Gasteiger partial charge in [0, 0.05) is 24.2 Å². The topological polar surface area (TPSA) is 126 Å². The number of rotatable bonds is 11. The summed E-state index contributed by atoms with van der Waals surface area (Å²) in [4.78, 5) is 63.6. The predicted octanol–water partition coefficient (Wildman–Crippen LogP) is 4.26. The summed E-state index contributed by atoms with van der Waals surface area (Å²) >= 11 is 0. The minimum atomic E-state index is -0.733. The van der Waals surface area contributed by atoms with E-state index in [9.17, 15) is 24.0 Å². The fourth-order valence-corrected chi connectivity index (χ4v) is 4.13. The number of esters is 3. The number of nitrogens with zero attached hydrogens (tertiary/aromatic N) is 1. The summed E-state index contributed by atoms with van der Waals surface area (Å²) in [7, 11) is 1.50. The van der Waals surface area contributed by atoms with Crippen LogP contribution in [0.2, 0.25) is 0 Å². The van der Waals surface area contributed by atoms with E-state index >= 15 is 0 Å². The summed E-state index contributed by atoms with van der Waals surface area (Å²) in [6, 6.07) is 18.8. The molecule has 212 valence electrons. The quantitative estimate of drug-likeness (QED) is 0.192. The van der Waals surface area contributed by atoms with Gasteiger partial charge in [0.15, 0.2) is 12.4 Å². The maximum atomic E-state index is 12.6. The van der Waals surface area contributed by atoms with Gasteiger partial charge >= 0.3 is 17.9 Å². The molecule has 0 aromatic heterocycles. The van der Waals surface area contributed by atoms with Gasteiger partial charge in [-0.15, -0.1) is 0 Å². The monoisotopic (exact) mass is 559 g/mol. The molecule has 41 heavy (non-hydrogen) atoms. The van der Waals surface area contributed by atoms with Crippen molar-refractivity contribution in [3.63, 3.8) is 0 Å². The van der Waals surface area contributed by atoms with Gasteiger partial charge in [0.2, 0.25) is 5.91 Å². The molecule has 1 aliphatic heterocycles. The van der Waals surface area contributed by atoms with Crippen LogP contribution in [0.4, 0.5) is 5.69 Å². The van der Waals surface area contributed by atoms with Gasteiger partial charge in [-0.3, -0.25) is 14.4 Å². The van der Waals surface area contributed by atoms with Crippen molar-refractivity contribution in [1.82, 2.24) is 0 Å². The summed E-state index contributed by atoms with van der Waals surface area (Å²) in [5, 5.41) is 0. The summed E-state index contributed by atoms with van der Waals surface area (Å²) in [6.45, 7) is 1.82. The first-order valence-corrected chi connectivity index (χ1v) is 13.0. The first-order valence-electron chi connectivity index (χ1n) is 13.0. The van der Waals surface area contributed by atoms with E-state index in [4.69, 9.17) is 18.9 Å². The third-order valence-corrected chi connectivity index (χ3v) is 6.35. The van der Waals surface area contributed by atoms with Gasteiger partial charge in [-0.2, -0.15) is 0 Å². The predicted molar refractivity (Wildman–Crippen MR) is 147 cm³/mol. The van der Waals surface area contributed by atoms with Crippen molar-refractivity contribution >= 4 is 35.3 Å². The molecule has 1 fully saturated rings. The average Bonchev–Trinajstić information content (AvgIpc) is 3.40. The van der Waals surface area contributed by atoms with Gasteiger partial charge < -0.3 is 23.8 Å². The smallest absolute Gasteiger partial charge is 0.343 e. The highest BCUT2D eigenvalue weighted by Gasteiger charge is 2.36. The molecule has 1 atom stereocenters. The highest BCUT2D eigenvalue weighted by molar-refractivity contribution is 6.01. The lowest BCUT2D eigenvalue weighted by Crippen LogP contribution is -2.27. The van der Waals surface area contributed by atoms with E-state index in [2.05, 4.69) is 0 Å². The number of methoxy groups -OCH3 is 1. The molecular formula is C31H29NO9. The lowest BCUT2D eigenvalue weighted by Gasteiger charge is -2.17. The van der Waals surface area contributed by atoms with E-state index in [1.807, 2.05) is 6.92 Å². The summed E-state index contributed by atoms with van der Waals surface area (Å²) in [6.07, 6.45) is 0.658. The minimum Gasteiger partial charge on any atom is -0.497 e. The molecule has 0 unspecified atom stereocenters. The second-order valence-electron chi connectivity index (χ2n) is 9.26. The molecule has 1 aliphatic rings. The summed E-state index contributed by atoms with van der Waals surface area (Å²) < 4.78 is 20.8. The SMILES string of the molecule is CCCOC(=O)c1ccc(N2C[C@H](C(=O)OCC(=O)c3ccc(OC(=O)c4cccc(OC)c4)cc3)CC2=O)cc1. The van der Waals surface area contributed by atoms with Crippen LogP contribution in [0.3, 0.4) is 0 Å². The van der Waals surface area contributed by atoms with Crippen molar-refractivity contribution in [3.05, 3.63) is 89.5 Å². The molecule has 1 saturated heterocycles. The third kappa shape index (κ3) is 7.36. The molecule has 0 bridgehead atoms. The van der Waals surface area contributed by atoms with E-state index in [1.165, 1.54) is 36.3 Å². The molecule has 10 heteroatoms. The zero-order valence-electron chi connectivity index (χ0n) is 22.7. The second kappa shape index (κ2) is 13.4. The minimum absolute atomic E-state index is 0.0549. The standard InChI is InChI=1S/C31H29NO9/c1-3-15-39-29(35)21-7-11-24(12-8-21)32-18-23(17-28(32)34)30(36)40-19-27(33)20-9-13-25(14-10-20)41-31(37)22-5-4-6-26(16-22)38-2/h4-14,16,23H,3,15,17-19H2,1-2H3/t23-/m1/s1. The van der Waals surface area contributed by atoms with Crippen LogP contribution in [0, 0.1) is 5.92 Å². The van der Waals surface area contributed by atoms with Crippen molar-refractivity contribution in [3.8, 4) is 11.5 Å². The number of ether oxygens (including phenoxy) is 4. The van der Waals surface area contributed by atoms with Crippen LogP contribution in [-0.2, 0) is 19.1 Å². The maximum Gasteiger partial charge on any atom is 0.343 e. The molecule has 0 N–H and O–H groups in total. The Morgan fingerprint density at radius 3 is 2.22 bits per heavy atom. The van der Waals surface area contributed by atoms with E-state index in [1.54, 1.807) is 48.5 Å². The first-order chi connectivity index (χ1) is 19.8. The number of carbonyl (C=O) groups is 5. The van der Waals surface area contributed by atoms with Crippen molar-refractivity contribution in [2.24, 2.45) is 5.92 Å². The molecule has 0 saturated carbocycles. The summed E-state index contributed by atoms with van der Waals surface area (Å²) in [5.74, 6) is -2.37. The Morgan fingerprint density at radius 1 is 0.829 bits per heavy atom. The lowest BCUT2D eigenvalue weighted by atomic mass is 10.1. The van der Waals surface area contributed by atoms with Crippen molar-refractivity contribution < 1.29 is 42.9 Å². The van der Waals surface area contributed by atoms with Gasteiger partial charge in [-0.05, 0) is 73.2 Å². The Kier molecular flexibility index (Phi) is 9.47. The van der Waals surface area contributed by atoms with Crippen LogP contribution >= 0.6 is 0 Å². The Labute approximate surface area is 236 Å². The van der Waals surface area contributed by atoms with Crippen LogP contribution in [0.1, 0.15) is 50.8 Å². The number of amides is 1. The van der Waals surface area contributed by atoms with Crippen LogP contribution < -0.4 is 14.4 Å². The summed E-state index contributed by atoms with van der Waals surface area (Å²) in [5.41, 5.74) is 1.48.